The summed E-state index contributed by atoms with van der Waals surface area (Å²) in [5.74, 6) is 0.496. The fraction of sp³-hybridized carbons (Fsp3) is 0.250. The van der Waals surface area contributed by atoms with Gasteiger partial charge in [-0.05, 0) is 31.6 Å². The van der Waals surface area contributed by atoms with Gasteiger partial charge < -0.3 is 4.42 Å². The minimum absolute atomic E-state index is 0.296. The summed E-state index contributed by atoms with van der Waals surface area (Å²) < 4.78 is 6.40. The van der Waals surface area contributed by atoms with Gasteiger partial charge in [0, 0.05) is 5.56 Å². The average Bonchev–Trinajstić information content (AvgIpc) is 2.85. The van der Waals surface area contributed by atoms with Crippen molar-refractivity contribution >= 4 is 33.9 Å². The fourth-order valence-electron chi connectivity index (χ4n) is 1.33. The average molecular weight is 279 g/mol. The molecule has 0 saturated carbocycles. The van der Waals surface area contributed by atoms with E-state index >= 15 is 0 Å². The molecule has 0 bridgehead atoms. The van der Waals surface area contributed by atoms with Crippen molar-refractivity contribution in [1.82, 2.24) is 10.2 Å². The molecule has 1 aromatic heterocycles. The highest BCUT2D eigenvalue weighted by Crippen LogP contribution is 2.23. The van der Waals surface area contributed by atoms with Gasteiger partial charge >= 0.3 is 6.01 Å². The van der Waals surface area contributed by atoms with Crippen LogP contribution >= 0.6 is 23.5 Å². The van der Waals surface area contributed by atoms with E-state index in [2.05, 4.69) is 15.2 Å². The van der Waals surface area contributed by atoms with Crippen LogP contribution in [0.1, 0.15) is 5.56 Å². The maximum Gasteiger partial charge on any atom is 0.344 e. The van der Waals surface area contributed by atoms with Crippen LogP contribution in [0.25, 0.3) is 11.5 Å². The number of thioether (sulfide) groups is 2. The molecule has 1 heterocycles. The van der Waals surface area contributed by atoms with Crippen molar-refractivity contribution in [3.8, 4) is 11.5 Å². The molecule has 4 nitrogen and oxygen atoms in total. The highest BCUT2D eigenvalue weighted by atomic mass is 32.2. The van der Waals surface area contributed by atoms with Gasteiger partial charge in [0.1, 0.15) is 4.38 Å². The van der Waals surface area contributed by atoms with E-state index in [-0.39, 0.29) is 0 Å². The smallest absolute Gasteiger partial charge is 0.344 e. The van der Waals surface area contributed by atoms with Crippen molar-refractivity contribution < 1.29 is 4.42 Å². The predicted octanol–water partition coefficient (Wildman–Crippen LogP) is 3.76. The Labute approximate surface area is 114 Å². The first kappa shape index (κ1) is 13.2. The van der Waals surface area contributed by atoms with Crippen LogP contribution in [0.2, 0.25) is 0 Å². The second kappa shape index (κ2) is 6.06. The fourth-order valence-corrected chi connectivity index (χ4v) is 2.33. The molecular formula is C12H13N3OS2. The van der Waals surface area contributed by atoms with Gasteiger partial charge in [0.05, 0.1) is 0 Å². The Balaban J connectivity index is 2.25. The van der Waals surface area contributed by atoms with Gasteiger partial charge in [0.2, 0.25) is 5.89 Å². The van der Waals surface area contributed by atoms with Crippen LogP contribution in [-0.2, 0) is 0 Å². The predicted molar refractivity (Wildman–Crippen MR) is 78.6 cm³/mol. The van der Waals surface area contributed by atoms with Gasteiger partial charge in [0.15, 0.2) is 0 Å². The van der Waals surface area contributed by atoms with Gasteiger partial charge in [-0.2, -0.15) is 4.99 Å². The largest absolute Gasteiger partial charge is 0.402 e. The maximum absolute atomic E-state index is 5.51. The van der Waals surface area contributed by atoms with Crippen LogP contribution in [0.4, 0.5) is 6.01 Å². The van der Waals surface area contributed by atoms with Crippen LogP contribution in [-0.4, -0.2) is 27.1 Å². The molecule has 94 valence electrons. The van der Waals surface area contributed by atoms with Crippen molar-refractivity contribution in [2.45, 2.75) is 6.92 Å². The summed E-state index contributed by atoms with van der Waals surface area (Å²) in [6.07, 6.45) is 3.93. The van der Waals surface area contributed by atoms with Crippen molar-refractivity contribution in [2.24, 2.45) is 4.99 Å². The van der Waals surface area contributed by atoms with Gasteiger partial charge in [0.25, 0.3) is 0 Å². The number of hydrogen-bond acceptors (Lipinski definition) is 6. The van der Waals surface area contributed by atoms with Crippen molar-refractivity contribution in [3.05, 3.63) is 29.8 Å². The number of rotatable bonds is 2. The number of hydrogen-bond donors (Lipinski definition) is 0. The lowest BCUT2D eigenvalue weighted by Crippen LogP contribution is -1.80. The number of benzene rings is 1. The first-order chi connectivity index (χ1) is 8.72. The van der Waals surface area contributed by atoms with Crippen LogP contribution in [0, 0.1) is 6.92 Å². The van der Waals surface area contributed by atoms with Gasteiger partial charge in [-0.15, -0.1) is 28.6 Å². The molecule has 0 amide bonds. The summed E-state index contributed by atoms with van der Waals surface area (Å²) in [5, 5.41) is 7.92. The summed E-state index contributed by atoms with van der Waals surface area (Å²) in [6.45, 7) is 2.04. The third kappa shape index (κ3) is 3.14. The van der Waals surface area contributed by atoms with E-state index in [9.17, 15) is 0 Å². The number of aryl methyl sites for hydroxylation is 1. The van der Waals surface area contributed by atoms with Gasteiger partial charge in [-0.1, -0.05) is 22.8 Å². The molecule has 0 radical (unpaired) electrons. The lowest BCUT2D eigenvalue weighted by Gasteiger charge is -1.95. The number of aliphatic imine (C=N–C) groups is 1. The number of nitrogens with zero attached hydrogens (tertiary/aromatic N) is 3. The van der Waals surface area contributed by atoms with Crippen molar-refractivity contribution in [2.75, 3.05) is 12.5 Å². The zero-order valence-electron chi connectivity index (χ0n) is 10.4. The Bertz CT molecular complexity index is 543. The molecule has 1 aromatic carbocycles. The minimum atomic E-state index is 0.296. The zero-order chi connectivity index (χ0) is 13.0. The molecule has 18 heavy (non-hydrogen) atoms. The molecule has 0 N–H and O–H groups in total. The van der Waals surface area contributed by atoms with E-state index in [0.717, 1.165) is 9.94 Å². The summed E-state index contributed by atoms with van der Waals surface area (Å²) in [4.78, 5) is 4.26. The van der Waals surface area contributed by atoms with E-state index in [1.165, 1.54) is 5.56 Å². The summed E-state index contributed by atoms with van der Waals surface area (Å²) >= 11 is 3.11. The van der Waals surface area contributed by atoms with Gasteiger partial charge in [-0.25, -0.2) is 0 Å². The lowest BCUT2D eigenvalue weighted by atomic mass is 10.1. The summed E-state index contributed by atoms with van der Waals surface area (Å²) in [5.41, 5.74) is 2.10. The molecule has 6 heteroatoms. The Morgan fingerprint density at radius 2 is 1.78 bits per heavy atom. The van der Waals surface area contributed by atoms with E-state index in [1.54, 1.807) is 23.5 Å². The summed E-state index contributed by atoms with van der Waals surface area (Å²) in [6, 6.07) is 8.24. The third-order valence-corrected chi connectivity index (χ3v) is 4.13. The first-order valence-electron chi connectivity index (χ1n) is 5.30. The summed E-state index contributed by atoms with van der Waals surface area (Å²) in [7, 11) is 0. The van der Waals surface area contributed by atoms with Crippen LogP contribution in [0.15, 0.2) is 33.7 Å². The molecule has 0 aliphatic heterocycles. The molecule has 2 rings (SSSR count). The molecule has 0 aliphatic carbocycles. The second-order valence-corrected chi connectivity index (χ2v) is 5.39. The van der Waals surface area contributed by atoms with Gasteiger partial charge in [-0.3, -0.25) is 0 Å². The Hall–Kier alpha value is -1.27. The Kier molecular flexibility index (Phi) is 4.43. The van der Waals surface area contributed by atoms with Crippen LogP contribution < -0.4 is 0 Å². The third-order valence-electron chi connectivity index (χ3n) is 2.25. The van der Waals surface area contributed by atoms with Crippen molar-refractivity contribution in [3.63, 3.8) is 0 Å². The molecule has 0 atom stereocenters. The van der Waals surface area contributed by atoms with Crippen molar-refractivity contribution in [1.29, 1.82) is 0 Å². The topological polar surface area (TPSA) is 51.3 Å². The molecule has 0 saturated heterocycles. The first-order valence-corrected chi connectivity index (χ1v) is 7.75. The Morgan fingerprint density at radius 3 is 2.39 bits per heavy atom. The number of aromatic nitrogens is 2. The molecule has 0 spiro atoms. The SMILES string of the molecule is CSC(=Nc1nnc(-c2ccc(C)cc2)o1)SC. The normalized spacial score (nSPS) is 10.4. The van der Waals surface area contributed by atoms with E-state index in [0.29, 0.717) is 11.9 Å². The molecule has 0 fully saturated rings. The lowest BCUT2D eigenvalue weighted by molar-refractivity contribution is 0.580. The molecule has 0 aliphatic rings. The van der Waals surface area contributed by atoms with Crippen LogP contribution in [0.3, 0.4) is 0 Å². The quantitative estimate of drug-likeness (QED) is 0.619. The Morgan fingerprint density at radius 1 is 1.11 bits per heavy atom. The zero-order valence-corrected chi connectivity index (χ0v) is 12.0. The van der Waals surface area contributed by atoms with Crippen LogP contribution in [0.5, 0.6) is 0 Å². The molecule has 2 aromatic rings. The maximum atomic E-state index is 5.51. The van der Waals surface area contributed by atoms with E-state index in [1.807, 2.05) is 43.7 Å². The minimum Gasteiger partial charge on any atom is -0.402 e. The van der Waals surface area contributed by atoms with E-state index < -0.39 is 0 Å². The highest BCUT2D eigenvalue weighted by molar-refractivity contribution is 8.38. The second-order valence-electron chi connectivity index (χ2n) is 3.54. The molecular weight excluding hydrogens is 266 g/mol. The van der Waals surface area contributed by atoms with E-state index in [4.69, 9.17) is 4.42 Å². The highest BCUT2D eigenvalue weighted by Gasteiger charge is 2.08. The monoisotopic (exact) mass is 279 g/mol. The molecule has 0 unspecified atom stereocenters. The standard InChI is InChI=1S/C12H13N3OS2/c1-8-4-6-9(7-5-8)10-14-15-11(16-10)13-12(17-2)18-3/h4-7H,1-3H3.